The molecule has 0 aliphatic rings. The first-order valence-electron chi connectivity index (χ1n) is 7.06. The van der Waals surface area contributed by atoms with Crippen LogP contribution < -0.4 is 10.1 Å². The summed E-state index contributed by atoms with van der Waals surface area (Å²) in [5, 5.41) is 13.0. The fourth-order valence-electron chi connectivity index (χ4n) is 2.08. The van der Waals surface area contributed by atoms with Gasteiger partial charge in [0.25, 0.3) is 0 Å². The van der Waals surface area contributed by atoms with Crippen molar-refractivity contribution in [3.05, 3.63) is 59.9 Å². The Labute approximate surface area is 124 Å². The maximum atomic E-state index is 13.2. The molecule has 21 heavy (non-hydrogen) atoms. The molecule has 1 atom stereocenters. The number of aromatic hydroxyl groups is 1. The topological polar surface area (TPSA) is 41.5 Å². The van der Waals surface area contributed by atoms with Crippen molar-refractivity contribution < 1.29 is 14.2 Å². The van der Waals surface area contributed by atoms with Crippen molar-refractivity contribution in [2.24, 2.45) is 0 Å². The Bertz CT molecular complexity index is 560. The molecule has 4 heteroatoms. The van der Waals surface area contributed by atoms with Crippen LogP contribution in [0.15, 0.2) is 48.5 Å². The summed E-state index contributed by atoms with van der Waals surface area (Å²) in [6.07, 6.45) is 0.829. The Morgan fingerprint density at radius 1 is 1.19 bits per heavy atom. The number of nitrogens with one attached hydrogen (secondary N) is 1. The SMILES string of the molecule is CC(NCCCOc1ccccc1)c1cc(F)ccc1O. The van der Waals surface area contributed by atoms with Crippen molar-refractivity contribution >= 4 is 0 Å². The smallest absolute Gasteiger partial charge is 0.123 e. The van der Waals surface area contributed by atoms with Crippen LogP contribution in [-0.4, -0.2) is 18.3 Å². The van der Waals surface area contributed by atoms with Gasteiger partial charge in [-0.3, -0.25) is 0 Å². The number of benzene rings is 2. The molecule has 0 fully saturated rings. The molecule has 112 valence electrons. The van der Waals surface area contributed by atoms with E-state index >= 15 is 0 Å². The number of rotatable bonds is 7. The van der Waals surface area contributed by atoms with E-state index < -0.39 is 0 Å². The molecule has 0 aromatic heterocycles. The molecule has 3 nitrogen and oxygen atoms in total. The van der Waals surface area contributed by atoms with E-state index in [9.17, 15) is 9.50 Å². The van der Waals surface area contributed by atoms with Crippen LogP contribution in [0.2, 0.25) is 0 Å². The number of halogens is 1. The van der Waals surface area contributed by atoms with E-state index in [1.165, 1.54) is 18.2 Å². The van der Waals surface area contributed by atoms with E-state index in [4.69, 9.17) is 4.74 Å². The highest BCUT2D eigenvalue weighted by atomic mass is 19.1. The van der Waals surface area contributed by atoms with Gasteiger partial charge in [0.2, 0.25) is 0 Å². The molecule has 0 aliphatic heterocycles. The lowest BCUT2D eigenvalue weighted by atomic mass is 10.1. The van der Waals surface area contributed by atoms with Gasteiger partial charge in [0.1, 0.15) is 17.3 Å². The second-order valence-corrected chi connectivity index (χ2v) is 4.89. The van der Waals surface area contributed by atoms with Crippen molar-refractivity contribution in [2.75, 3.05) is 13.2 Å². The fraction of sp³-hybridized carbons (Fsp3) is 0.294. The van der Waals surface area contributed by atoms with Gasteiger partial charge in [-0.15, -0.1) is 0 Å². The van der Waals surface area contributed by atoms with Crippen molar-refractivity contribution in [1.29, 1.82) is 0 Å². The van der Waals surface area contributed by atoms with E-state index in [1.807, 2.05) is 37.3 Å². The minimum Gasteiger partial charge on any atom is -0.508 e. The van der Waals surface area contributed by atoms with Crippen LogP contribution in [-0.2, 0) is 0 Å². The van der Waals surface area contributed by atoms with Crippen molar-refractivity contribution in [2.45, 2.75) is 19.4 Å². The second kappa shape index (κ2) is 7.64. The summed E-state index contributed by atoms with van der Waals surface area (Å²) in [6.45, 7) is 3.23. The molecule has 2 aromatic carbocycles. The van der Waals surface area contributed by atoms with Crippen LogP contribution in [0.5, 0.6) is 11.5 Å². The van der Waals surface area contributed by atoms with Crippen LogP contribution >= 0.6 is 0 Å². The number of hydrogen-bond acceptors (Lipinski definition) is 3. The summed E-state index contributed by atoms with van der Waals surface area (Å²) in [5.74, 6) is 0.620. The first kappa shape index (κ1) is 15.3. The van der Waals surface area contributed by atoms with Crippen molar-refractivity contribution in [3.63, 3.8) is 0 Å². The normalized spacial score (nSPS) is 12.1. The van der Waals surface area contributed by atoms with Crippen LogP contribution in [0.3, 0.4) is 0 Å². The largest absolute Gasteiger partial charge is 0.508 e. The van der Waals surface area contributed by atoms with Gasteiger partial charge in [-0.1, -0.05) is 18.2 Å². The summed E-state index contributed by atoms with van der Waals surface area (Å²) in [7, 11) is 0. The molecule has 0 spiro atoms. The highest BCUT2D eigenvalue weighted by Gasteiger charge is 2.10. The highest BCUT2D eigenvalue weighted by Crippen LogP contribution is 2.24. The van der Waals surface area contributed by atoms with E-state index in [2.05, 4.69) is 5.32 Å². The molecule has 0 saturated heterocycles. The maximum absolute atomic E-state index is 13.2. The Kier molecular flexibility index (Phi) is 5.58. The number of phenols is 1. The molecular formula is C17H20FNO2. The molecule has 1 unspecified atom stereocenters. The quantitative estimate of drug-likeness (QED) is 0.764. The lowest BCUT2D eigenvalue weighted by Crippen LogP contribution is -2.21. The summed E-state index contributed by atoms with van der Waals surface area (Å²) in [6, 6.07) is 13.5. The Balaban J connectivity index is 1.72. The monoisotopic (exact) mass is 289 g/mol. The van der Waals surface area contributed by atoms with Gasteiger partial charge < -0.3 is 15.2 Å². The standard InChI is InChI=1S/C17H20FNO2/c1-13(16-12-14(18)8-9-17(16)20)19-10-5-11-21-15-6-3-2-4-7-15/h2-4,6-9,12-13,19-20H,5,10-11H2,1H3. The summed E-state index contributed by atoms with van der Waals surface area (Å²) < 4.78 is 18.8. The number of para-hydroxylation sites is 1. The predicted molar refractivity (Wildman–Crippen MR) is 81.0 cm³/mol. The van der Waals surface area contributed by atoms with E-state index in [-0.39, 0.29) is 17.6 Å². The van der Waals surface area contributed by atoms with Crippen molar-refractivity contribution in [3.8, 4) is 11.5 Å². The first-order chi connectivity index (χ1) is 10.2. The average Bonchev–Trinajstić information content (AvgIpc) is 2.50. The Hall–Kier alpha value is -2.07. The number of ether oxygens (including phenoxy) is 1. The fourth-order valence-corrected chi connectivity index (χ4v) is 2.08. The van der Waals surface area contributed by atoms with Crippen LogP contribution in [0, 0.1) is 5.82 Å². The van der Waals surface area contributed by atoms with E-state index in [1.54, 1.807) is 0 Å². The molecule has 2 rings (SSSR count). The van der Waals surface area contributed by atoms with Crippen LogP contribution in [0.1, 0.15) is 24.9 Å². The molecular weight excluding hydrogens is 269 g/mol. The van der Waals surface area contributed by atoms with Gasteiger partial charge in [-0.25, -0.2) is 4.39 Å². The minimum atomic E-state index is -0.344. The summed E-state index contributed by atoms with van der Waals surface area (Å²) >= 11 is 0. The summed E-state index contributed by atoms with van der Waals surface area (Å²) in [4.78, 5) is 0. The summed E-state index contributed by atoms with van der Waals surface area (Å²) in [5.41, 5.74) is 0.568. The third-order valence-corrected chi connectivity index (χ3v) is 3.24. The maximum Gasteiger partial charge on any atom is 0.123 e. The van der Waals surface area contributed by atoms with Gasteiger partial charge in [-0.05, 0) is 50.2 Å². The van der Waals surface area contributed by atoms with Gasteiger partial charge in [0.15, 0.2) is 0 Å². The third-order valence-electron chi connectivity index (χ3n) is 3.24. The average molecular weight is 289 g/mol. The lowest BCUT2D eigenvalue weighted by Gasteiger charge is -2.15. The zero-order chi connectivity index (χ0) is 15.1. The Morgan fingerprint density at radius 3 is 2.71 bits per heavy atom. The number of phenolic OH excluding ortho intramolecular Hbond substituents is 1. The van der Waals surface area contributed by atoms with Gasteiger partial charge in [0.05, 0.1) is 6.61 Å². The zero-order valence-electron chi connectivity index (χ0n) is 12.1. The van der Waals surface area contributed by atoms with E-state index in [0.717, 1.165) is 18.7 Å². The minimum absolute atomic E-state index is 0.108. The van der Waals surface area contributed by atoms with Gasteiger partial charge >= 0.3 is 0 Å². The molecule has 0 aliphatic carbocycles. The highest BCUT2D eigenvalue weighted by molar-refractivity contribution is 5.34. The molecule has 0 bridgehead atoms. The molecule has 0 radical (unpaired) electrons. The van der Waals surface area contributed by atoms with Crippen LogP contribution in [0.25, 0.3) is 0 Å². The predicted octanol–water partition coefficient (Wildman–Crippen LogP) is 3.65. The molecule has 0 saturated carbocycles. The number of hydrogen-bond donors (Lipinski definition) is 2. The zero-order valence-corrected chi connectivity index (χ0v) is 12.1. The van der Waals surface area contributed by atoms with Gasteiger partial charge in [0, 0.05) is 11.6 Å². The Morgan fingerprint density at radius 2 is 1.95 bits per heavy atom. The lowest BCUT2D eigenvalue weighted by molar-refractivity contribution is 0.305. The van der Waals surface area contributed by atoms with Crippen molar-refractivity contribution in [1.82, 2.24) is 5.32 Å². The van der Waals surface area contributed by atoms with Gasteiger partial charge in [-0.2, -0.15) is 0 Å². The first-order valence-corrected chi connectivity index (χ1v) is 7.06. The third kappa shape index (κ3) is 4.76. The van der Waals surface area contributed by atoms with E-state index in [0.29, 0.717) is 12.2 Å². The molecule has 0 heterocycles. The molecule has 2 N–H and O–H groups in total. The molecule has 0 amide bonds. The van der Waals surface area contributed by atoms with Crippen LogP contribution in [0.4, 0.5) is 4.39 Å². The second-order valence-electron chi connectivity index (χ2n) is 4.89. The molecule has 2 aromatic rings.